The van der Waals surface area contributed by atoms with Crippen LogP contribution >= 0.6 is 11.3 Å². The van der Waals surface area contributed by atoms with Gasteiger partial charge in [-0.2, -0.15) is 0 Å². The van der Waals surface area contributed by atoms with Crippen molar-refractivity contribution in [1.29, 1.82) is 0 Å². The lowest BCUT2D eigenvalue weighted by atomic mass is 9.97. The van der Waals surface area contributed by atoms with Crippen LogP contribution in [0.1, 0.15) is 17.3 Å². The van der Waals surface area contributed by atoms with Gasteiger partial charge in [0.1, 0.15) is 10.6 Å². The molecule has 3 aromatic rings. The Hall–Kier alpha value is -2.33. The average molecular weight is 297 g/mol. The van der Waals surface area contributed by atoms with Crippen LogP contribution in [0.15, 0.2) is 47.8 Å². The lowest BCUT2D eigenvalue weighted by molar-refractivity contribution is 0.0529. The van der Waals surface area contributed by atoms with Crippen molar-refractivity contribution in [1.82, 2.24) is 0 Å². The summed E-state index contributed by atoms with van der Waals surface area (Å²) < 4.78 is 5.13. The Morgan fingerprint density at radius 2 is 1.90 bits per heavy atom. The number of nitrogens with two attached hydrogens (primary N) is 1. The van der Waals surface area contributed by atoms with Gasteiger partial charge in [-0.05, 0) is 23.3 Å². The fraction of sp³-hybridized carbons (Fsp3) is 0.118. The highest BCUT2D eigenvalue weighted by molar-refractivity contribution is 7.15. The first-order valence-corrected chi connectivity index (χ1v) is 7.62. The van der Waals surface area contributed by atoms with E-state index in [1.807, 2.05) is 35.7 Å². The summed E-state index contributed by atoms with van der Waals surface area (Å²) in [6, 6.07) is 14.1. The first-order valence-electron chi connectivity index (χ1n) is 6.74. The summed E-state index contributed by atoms with van der Waals surface area (Å²) >= 11 is 1.37. The molecule has 0 aliphatic rings. The second kappa shape index (κ2) is 5.58. The van der Waals surface area contributed by atoms with Gasteiger partial charge in [0, 0.05) is 10.9 Å². The van der Waals surface area contributed by atoms with Crippen LogP contribution < -0.4 is 5.73 Å². The number of hydrogen-bond donors (Lipinski definition) is 1. The SMILES string of the molecule is CCOC(=O)c1c(-c2cccc3ccccc23)csc1N. The Kier molecular flexibility index (Phi) is 3.62. The van der Waals surface area contributed by atoms with Crippen molar-refractivity contribution in [2.45, 2.75) is 6.92 Å². The minimum absolute atomic E-state index is 0.336. The standard InChI is InChI=1S/C17H15NO2S/c1-2-20-17(19)15-14(10-21-16(15)18)13-9-5-7-11-6-3-4-8-12(11)13/h3-10H,2,18H2,1H3. The minimum Gasteiger partial charge on any atom is -0.462 e. The normalized spacial score (nSPS) is 10.7. The molecule has 0 atom stereocenters. The van der Waals surface area contributed by atoms with Crippen molar-refractivity contribution in [3.05, 3.63) is 53.4 Å². The van der Waals surface area contributed by atoms with Crippen LogP contribution in [0, 0.1) is 0 Å². The number of benzene rings is 2. The molecule has 0 saturated heterocycles. The summed E-state index contributed by atoms with van der Waals surface area (Å²) in [6.45, 7) is 2.13. The number of fused-ring (bicyclic) bond motifs is 1. The molecule has 2 N–H and O–H groups in total. The number of carbonyl (C=O) groups is 1. The molecule has 1 heterocycles. The highest BCUT2D eigenvalue weighted by atomic mass is 32.1. The van der Waals surface area contributed by atoms with E-state index in [-0.39, 0.29) is 5.97 Å². The summed E-state index contributed by atoms with van der Waals surface area (Å²) in [5, 5.41) is 4.65. The molecule has 0 radical (unpaired) electrons. The summed E-state index contributed by atoms with van der Waals surface area (Å²) in [4.78, 5) is 12.2. The first kappa shape index (κ1) is 13.6. The molecule has 0 fully saturated rings. The zero-order valence-corrected chi connectivity index (χ0v) is 12.4. The molecule has 0 amide bonds. The topological polar surface area (TPSA) is 52.3 Å². The van der Waals surface area contributed by atoms with Gasteiger partial charge < -0.3 is 10.5 Å². The molecule has 2 aromatic carbocycles. The van der Waals surface area contributed by atoms with Crippen molar-refractivity contribution < 1.29 is 9.53 Å². The fourth-order valence-corrected chi connectivity index (χ4v) is 3.25. The van der Waals surface area contributed by atoms with Gasteiger partial charge in [-0.25, -0.2) is 4.79 Å². The Morgan fingerprint density at radius 3 is 2.71 bits per heavy atom. The number of rotatable bonds is 3. The van der Waals surface area contributed by atoms with Crippen molar-refractivity contribution >= 4 is 33.1 Å². The van der Waals surface area contributed by atoms with E-state index in [0.717, 1.165) is 21.9 Å². The van der Waals surface area contributed by atoms with Gasteiger partial charge in [-0.3, -0.25) is 0 Å². The summed E-state index contributed by atoms with van der Waals surface area (Å²) in [7, 11) is 0. The van der Waals surface area contributed by atoms with Gasteiger partial charge in [-0.15, -0.1) is 11.3 Å². The van der Waals surface area contributed by atoms with Crippen molar-refractivity contribution in [2.24, 2.45) is 0 Å². The van der Waals surface area contributed by atoms with Crippen LogP contribution in [0.3, 0.4) is 0 Å². The predicted molar refractivity (Wildman–Crippen MR) is 87.6 cm³/mol. The molecule has 1 aromatic heterocycles. The molecule has 0 saturated carbocycles. The van der Waals surface area contributed by atoms with E-state index in [9.17, 15) is 4.79 Å². The van der Waals surface area contributed by atoms with Gasteiger partial charge in [-0.1, -0.05) is 42.5 Å². The van der Waals surface area contributed by atoms with Crippen molar-refractivity contribution in [3.63, 3.8) is 0 Å². The van der Waals surface area contributed by atoms with E-state index in [1.54, 1.807) is 6.92 Å². The Bertz CT molecular complexity index is 802. The highest BCUT2D eigenvalue weighted by Crippen LogP contribution is 2.37. The Balaban J connectivity index is 2.22. The maximum Gasteiger partial charge on any atom is 0.341 e. The molecule has 21 heavy (non-hydrogen) atoms. The van der Waals surface area contributed by atoms with E-state index in [0.29, 0.717) is 17.2 Å². The van der Waals surface area contributed by atoms with Crippen LogP contribution in [-0.2, 0) is 4.74 Å². The van der Waals surface area contributed by atoms with E-state index in [1.165, 1.54) is 11.3 Å². The van der Waals surface area contributed by atoms with Crippen LogP contribution in [0.4, 0.5) is 5.00 Å². The lowest BCUT2D eigenvalue weighted by Crippen LogP contribution is -2.07. The van der Waals surface area contributed by atoms with Gasteiger partial charge in [0.05, 0.1) is 6.61 Å². The summed E-state index contributed by atoms with van der Waals surface area (Å²) in [6.07, 6.45) is 0. The molecular formula is C17H15NO2S. The number of carbonyl (C=O) groups excluding carboxylic acids is 1. The smallest absolute Gasteiger partial charge is 0.341 e. The molecule has 0 spiro atoms. The molecule has 3 nitrogen and oxygen atoms in total. The number of hydrogen-bond acceptors (Lipinski definition) is 4. The third-order valence-corrected chi connectivity index (χ3v) is 4.19. The van der Waals surface area contributed by atoms with E-state index in [4.69, 9.17) is 10.5 Å². The number of anilines is 1. The fourth-order valence-electron chi connectivity index (χ4n) is 2.45. The Labute approximate surface area is 127 Å². The van der Waals surface area contributed by atoms with Crippen molar-refractivity contribution in [3.8, 4) is 11.1 Å². The van der Waals surface area contributed by atoms with Crippen LogP contribution in [0.2, 0.25) is 0 Å². The van der Waals surface area contributed by atoms with Gasteiger partial charge in [0.25, 0.3) is 0 Å². The second-order valence-electron chi connectivity index (χ2n) is 4.64. The van der Waals surface area contributed by atoms with Gasteiger partial charge in [0.15, 0.2) is 0 Å². The number of ether oxygens (including phenoxy) is 1. The number of thiophene rings is 1. The lowest BCUT2D eigenvalue weighted by Gasteiger charge is -2.08. The van der Waals surface area contributed by atoms with Gasteiger partial charge >= 0.3 is 5.97 Å². The van der Waals surface area contributed by atoms with Crippen LogP contribution in [0.5, 0.6) is 0 Å². The molecule has 4 heteroatoms. The number of esters is 1. The Morgan fingerprint density at radius 1 is 1.14 bits per heavy atom. The molecular weight excluding hydrogens is 282 g/mol. The molecule has 3 rings (SSSR count). The summed E-state index contributed by atoms with van der Waals surface area (Å²) in [5.41, 5.74) is 8.29. The molecule has 0 aliphatic heterocycles. The largest absolute Gasteiger partial charge is 0.462 e. The number of nitrogen functional groups attached to an aromatic ring is 1. The zero-order valence-electron chi connectivity index (χ0n) is 11.6. The third kappa shape index (κ3) is 2.38. The minimum atomic E-state index is -0.362. The van der Waals surface area contributed by atoms with E-state index in [2.05, 4.69) is 12.1 Å². The van der Waals surface area contributed by atoms with Crippen LogP contribution in [-0.4, -0.2) is 12.6 Å². The molecule has 0 aliphatic carbocycles. The quantitative estimate of drug-likeness (QED) is 0.732. The average Bonchev–Trinajstić information content (AvgIpc) is 2.88. The van der Waals surface area contributed by atoms with E-state index >= 15 is 0 Å². The molecule has 0 bridgehead atoms. The monoisotopic (exact) mass is 297 g/mol. The maximum atomic E-state index is 12.2. The maximum absolute atomic E-state index is 12.2. The predicted octanol–water partition coefficient (Wildman–Crippen LogP) is 4.33. The molecule has 106 valence electrons. The van der Waals surface area contributed by atoms with E-state index < -0.39 is 0 Å². The summed E-state index contributed by atoms with van der Waals surface area (Å²) in [5.74, 6) is -0.362. The zero-order chi connectivity index (χ0) is 14.8. The van der Waals surface area contributed by atoms with Gasteiger partial charge in [0.2, 0.25) is 0 Å². The molecule has 0 unspecified atom stereocenters. The first-order chi connectivity index (χ1) is 10.2. The van der Waals surface area contributed by atoms with Crippen LogP contribution in [0.25, 0.3) is 21.9 Å². The second-order valence-corrected chi connectivity index (χ2v) is 5.55. The highest BCUT2D eigenvalue weighted by Gasteiger charge is 2.20. The van der Waals surface area contributed by atoms with Crippen molar-refractivity contribution in [2.75, 3.05) is 12.3 Å². The third-order valence-electron chi connectivity index (χ3n) is 3.38.